The largest absolute Gasteiger partial charge is 0.355 e. The van der Waals surface area contributed by atoms with Gasteiger partial charge in [0.05, 0.1) is 12.1 Å². The molecule has 0 atom stereocenters. The number of carbonyl (C=O) groups is 3. The molecule has 3 amide bonds. The summed E-state index contributed by atoms with van der Waals surface area (Å²) in [6.45, 7) is -0.363. The monoisotopic (exact) mass is 415 g/mol. The molecule has 0 aliphatic rings. The van der Waals surface area contributed by atoms with Crippen molar-refractivity contribution in [1.82, 2.24) is 26.3 Å². The SMILES string of the molecule is O=C(CNC(=O)c1cc(-c2ccccc2)on1)NNC(=O)c1ccc2ccccc2n1. The van der Waals surface area contributed by atoms with Crippen molar-refractivity contribution >= 4 is 28.6 Å². The molecule has 9 nitrogen and oxygen atoms in total. The Balaban J connectivity index is 1.27. The number of fused-ring (bicyclic) bond motifs is 1. The van der Waals surface area contributed by atoms with Crippen LogP contribution in [-0.2, 0) is 4.79 Å². The van der Waals surface area contributed by atoms with Crippen LogP contribution in [0.1, 0.15) is 21.0 Å². The molecule has 0 saturated carbocycles. The molecule has 0 fully saturated rings. The van der Waals surface area contributed by atoms with Gasteiger partial charge in [-0.2, -0.15) is 0 Å². The quantitative estimate of drug-likeness (QED) is 0.429. The Morgan fingerprint density at radius 1 is 0.806 bits per heavy atom. The van der Waals surface area contributed by atoms with E-state index in [0.29, 0.717) is 11.3 Å². The van der Waals surface area contributed by atoms with Crippen molar-refractivity contribution in [2.45, 2.75) is 0 Å². The van der Waals surface area contributed by atoms with Gasteiger partial charge in [0.2, 0.25) is 0 Å². The van der Waals surface area contributed by atoms with Crippen LogP contribution < -0.4 is 16.2 Å². The fourth-order valence-electron chi connectivity index (χ4n) is 2.80. The molecule has 0 radical (unpaired) electrons. The first-order chi connectivity index (χ1) is 15.1. The molecule has 3 N–H and O–H groups in total. The summed E-state index contributed by atoms with van der Waals surface area (Å²) in [5.74, 6) is -1.34. The molecule has 4 aromatic rings. The number of carbonyl (C=O) groups excluding carboxylic acids is 3. The number of aromatic nitrogens is 2. The number of pyridine rings is 1. The number of hydrogen-bond donors (Lipinski definition) is 3. The first-order valence-corrected chi connectivity index (χ1v) is 9.35. The summed E-state index contributed by atoms with van der Waals surface area (Å²) in [5.41, 5.74) is 6.12. The summed E-state index contributed by atoms with van der Waals surface area (Å²) in [5, 5.41) is 7.02. The maximum atomic E-state index is 12.2. The van der Waals surface area contributed by atoms with E-state index in [4.69, 9.17) is 4.52 Å². The summed E-state index contributed by atoms with van der Waals surface area (Å²) >= 11 is 0. The van der Waals surface area contributed by atoms with Crippen molar-refractivity contribution in [1.29, 1.82) is 0 Å². The number of para-hydroxylation sites is 1. The van der Waals surface area contributed by atoms with Crippen LogP contribution in [0.3, 0.4) is 0 Å². The molecule has 154 valence electrons. The second-order valence-electron chi connectivity index (χ2n) is 6.52. The number of nitrogens with zero attached hydrogens (tertiary/aromatic N) is 2. The number of benzene rings is 2. The summed E-state index contributed by atoms with van der Waals surface area (Å²) in [4.78, 5) is 40.6. The lowest BCUT2D eigenvalue weighted by atomic mass is 10.1. The number of hydrazine groups is 1. The van der Waals surface area contributed by atoms with E-state index >= 15 is 0 Å². The zero-order valence-electron chi connectivity index (χ0n) is 16.2. The second kappa shape index (κ2) is 8.87. The van der Waals surface area contributed by atoms with Gasteiger partial charge in [-0.25, -0.2) is 4.98 Å². The van der Waals surface area contributed by atoms with Gasteiger partial charge in [0.15, 0.2) is 11.5 Å². The Bertz CT molecular complexity index is 1250. The molecule has 31 heavy (non-hydrogen) atoms. The van der Waals surface area contributed by atoms with Gasteiger partial charge in [0, 0.05) is 17.0 Å². The summed E-state index contributed by atoms with van der Waals surface area (Å²) in [6.07, 6.45) is 0. The minimum atomic E-state index is -0.616. The Morgan fingerprint density at radius 2 is 1.58 bits per heavy atom. The molecule has 4 rings (SSSR count). The molecule has 0 unspecified atom stereocenters. The van der Waals surface area contributed by atoms with Gasteiger partial charge in [0.1, 0.15) is 5.69 Å². The van der Waals surface area contributed by atoms with Crippen LogP contribution in [0.2, 0.25) is 0 Å². The van der Waals surface area contributed by atoms with Crippen LogP contribution in [0.4, 0.5) is 0 Å². The Hall–Kier alpha value is -4.53. The van der Waals surface area contributed by atoms with Crippen LogP contribution in [0, 0.1) is 0 Å². The highest BCUT2D eigenvalue weighted by Gasteiger charge is 2.15. The number of rotatable bonds is 5. The molecule has 0 saturated heterocycles. The second-order valence-corrected chi connectivity index (χ2v) is 6.52. The van der Waals surface area contributed by atoms with E-state index in [-0.39, 0.29) is 17.9 Å². The van der Waals surface area contributed by atoms with Gasteiger partial charge in [-0.3, -0.25) is 25.2 Å². The van der Waals surface area contributed by atoms with Crippen molar-refractivity contribution in [2.75, 3.05) is 6.54 Å². The van der Waals surface area contributed by atoms with Gasteiger partial charge in [0.25, 0.3) is 17.7 Å². The van der Waals surface area contributed by atoms with Gasteiger partial charge in [-0.05, 0) is 12.1 Å². The predicted molar refractivity (Wildman–Crippen MR) is 112 cm³/mol. The summed E-state index contributed by atoms with van der Waals surface area (Å²) in [7, 11) is 0. The lowest BCUT2D eigenvalue weighted by molar-refractivity contribution is -0.120. The highest BCUT2D eigenvalue weighted by molar-refractivity contribution is 5.97. The maximum Gasteiger partial charge on any atom is 0.288 e. The van der Waals surface area contributed by atoms with Crippen LogP contribution in [0.15, 0.2) is 77.3 Å². The van der Waals surface area contributed by atoms with E-state index in [1.807, 2.05) is 48.5 Å². The maximum absolute atomic E-state index is 12.2. The Morgan fingerprint density at radius 3 is 2.42 bits per heavy atom. The molecule has 2 heterocycles. The lowest BCUT2D eigenvalue weighted by Crippen LogP contribution is -2.46. The zero-order chi connectivity index (χ0) is 21.6. The standard InChI is InChI=1S/C22H17N5O4/c28-20(25-26-22(30)17-11-10-14-6-4-5-9-16(14)24-17)13-23-21(29)18-12-19(31-27-18)15-7-2-1-3-8-15/h1-12H,13H2,(H,23,29)(H,25,28)(H,26,30). The molecule has 9 heteroatoms. The van der Waals surface area contributed by atoms with E-state index in [9.17, 15) is 14.4 Å². The van der Waals surface area contributed by atoms with Crippen LogP contribution in [-0.4, -0.2) is 34.4 Å². The first-order valence-electron chi connectivity index (χ1n) is 9.35. The molecular formula is C22H17N5O4. The molecule has 0 aliphatic carbocycles. The van der Waals surface area contributed by atoms with Crippen molar-refractivity contribution in [3.63, 3.8) is 0 Å². The predicted octanol–water partition coefficient (Wildman–Crippen LogP) is 2.08. The minimum absolute atomic E-state index is 0.0380. The molecule has 0 aliphatic heterocycles. The molecule has 2 aromatic heterocycles. The molecular weight excluding hydrogens is 398 g/mol. The third kappa shape index (κ3) is 4.73. The van der Waals surface area contributed by atoms with Gasteiger partial charge >= 0.3 is 0 Å². The third-order valence-corrected chi connectivity index (χ3v) is 4.36. The Kier molecular flexibility index (Phi) is 5.66. The van der Waals surface area contributed by atoms with Crippen molar-refractivity contribution in [3.8, 4) is 11.3 Å². The smallest absolute Gasteiger partial charge is 0.288 e. The minimum Gasteiger partial charge on any atom is -0.355 e. The van der Waals surface area contributed by atoms with Crippen LogP contribution in [0.25, 0.3) is 22.2 Å². The highest BCUT2D eigenvalue weighted by atomic mass is 16.5. The number of nitrogens with one attached hydrogen (secondary N) is 3. The molecule has 2 aromatic carbocycles. The average Bonchev–Trinajstić information content (AvgIpc) is 3.32. The van der Waals surface area contributed by atoms with E-state index in [1.165, 1.54) is 6.07 Å². The zero-order valence-corrected chi connectivity index (χ0v) is 16.2. The van der Waals surface area contributed by atoms with E-state index in [2.05, 4.69) is 26.3 Å². The van der Waals surface area contributed by atoms with Crippen molar-refractivity contribution < 1.29 is 18.9 Å². The van der Waals surface area contributed by atoms with Gasteiger partial charge in [-0.15, -0.1) is 0 Å². The van der Waals surface area contributed by atoms with E-state index < -0.39 is 17.7 Å². The van der Waals surface area contributed by atoms with E-state index in [1.54, 1.807) is 18.2 Å². The lowest BCUT2D eigenvalue weighted by Gasteiger charge is -2.08. The number of amides is 3. The Labute approximate surface area is 176 Å². The summed E-state index contributed by atoms with van der Waals surface area (Å²) in [6, 6.07) is 21.3. The topological polar surface area (TPSA) is 126 Å². The van der Waals surface area contributed by atoms with Crippen LogP contribution >= 0.6 is 0 Å². The van der Waals surface area contributed by atoms with Crippen molar-refractivity contribution in [3.05, 3.63) is 84.2 Å². The highest BCUT2D eigenvalue weighted by Crippen LogP contribution is 2.19. The third-order valence-electron chi connectivity index (χ3n) is 4.36. The fourth-order valence-corrected chi connectivity index (χ4v) is 2.80. The average molecular weight is 415 g/mol. The van der Waals surface area contributed by atoms with Crippen molar-refractivity contribution in [2.24, 2.45) is 0 Å². The molecule has 0 spiro atoms. The molecule has 0 bridgehead atoms. The normalized spacial score (nSPS) is 10.5. The van der Waals surface area contributed by atoms with Crippen LogP contribution in [0.5, 0.6) is 0 Å². The van der Waals surface area contributed by atoms with E-state index in [0.717, 1.165) is 10.9 Å². The van der Waals surface area contributed by atoms with Gasteiger partial charge in [-0.1, -0.05) is 59.8 Å². The number of hydrogen-bond acceptors (Lipinski definition) is 6. The van der Waals surface area contributed by atoms with Gasteiger partial charge < -0.3 is 9.84 Å². The fraction of sp³-hybridized carbons (Fsp3) is 0.0455. The summed E-state index contributed by atoms with van der Waals surface area (Å²) < 4.78 is 5.16. The first kappa shape index (κ1) is 19.8.